The first-order chi connectivity index (χ1) is 9.33. The molecule has 0 fully saturated rings. The SMILES string of the molecule is Clc1nsnc1C1=CC=CN(Cc2ccccc2)C1. The van der Waals surface area contributed by atoms with Crippen molar-refractivity contribution in [2.45, 2.75) is 6.54 Å². The third kappa shape index (κ3) is 2.85. The molecule has 0 saturated heterocycles. The molecular formula is C14H12ClN3S. The van der Waals surface area contributed by atoms with Crippen LogP contribution in [0.15, 0.2) is 48.7 Å². The van der Waals surface area contributed by atoms with Gasteiger partial charge in [0.05, 0.1) is 11.7 Å². The van der Waals surface area contributed by atoms with Gasteiger partial charge in [0.15, 0.2) is 5.15 Å². The van der Waals surface area contributed by atoms with Crippen molar-refractivity contribution in [1.82, 2.24) is 13.6 Å². The van der Waals surface area contributed by atoms with Gasteiger partial charge >= 0.3 is 0 Å². The van der Waals surface area contributed by atoms with Gasteiger partial charge in [0, 0.05) is 18.7 Å². The Morgan fingerprint density at radius 3 is 2.79 bits per heavy atom. The molecule has 0 aliphatic carbocycles. The molecule has 2 heterocycles. The minimum absolute atomic E-state index is 0.492. The third-order valence-corrected chi connectivity index (χ3v) is 3.84. The number of benzene rings is 1. The van der Waals surface area contributed by atoms with E-state index in [1.54, 1.807) is 0 Å². The molecule has 1 aliphatic heterocycles. The van der Waals surface area contributed by atoms with Gasteiger partial charge < -0.3 is 4.90 Å². The average molecular weight is 290 g/mol. The summed E-state index contributed by atoms with van der Waals surface area (Å²) in [5, 5.41) is 0.492. The van der Waals surface area contributed by atoms with Crippen LogP contribution >= 0.6 is 23.3 Å². The van der Waals surface area contributed by atoms with Gasteiger partial charge in [-0.3, -0.25) is 0 Å². The van der Waals surface area contributed by atoms with Crippen LogP contribution in [0.25, 0.3) is 5.57 Å². The zero-order chi connectivity index (χ0) is 13.1. The van der Waals surface area contributed by atoms with Gasteiger partial charge in [-0.1, -0.05) is 48.0 Å². The van der Waals surface area contributed by atoms with Crippen molar-refractivity contribution in [3.05, 3.63) is 65.1 Å². The van der Waals surface area contributed by atoms with E-state index in [9.17, 15) is 0 Å². The van der Waals surface area contributed by atoms with E-state index >= 15 is 0 Å². The van der Waals surface area contributed by atoms with Crippen molar-refractivity contribution in [3.63, 3.8) is 0 Å². The molecule has 0 saturated carbocycles. The molecule has 0 unspecified atom stereocenters. The lowest BCUT2D eigenvalue weighted by molar-refractivity contribution is 0.411. The zero-order valence-corrected chi connectivity index (χ0v) is 11.7. The molecular weight excluding hydrogens is 278 g/mol. The van der Waals surface area contributed by atoms with Crippen LogP contribution in [0.3, 0.4) is 0 Å². The molecule has 1 aromatic carbocycles. The maximum Gasteiger partial charge on any atom is 0.170 e. The summed E-state index contributed by atoms with van der Waals surface area (Å²) in [6.45, 7) is 1.68. The summed E-state index contributed by atoms with van der Waals surface area (Å²) in [4.78, 5) is 2.24. The standard InChI is InChI=1S/C14H12ClN3S/c15-14-13(16-19-17-14)12-7-4-8-18(10-12)9-11-5-2-1-3-6-11/h1-8H,9-10H2. The van der Waals surface area contributed by atoms with E-state index in [0.717, 1.165) is 36.1 Å². The van der Waals surface area contributed by atoms with Crippen molar-refractivity contribution >= 4 is 28.9 Å². The monoisotopic (exact) mass is 289 g/mol. The molecule has 5 heteroatoms. The van der Waals surface area contributed by atoms with E-state index in [-0.39, 0.29) is 0 Å². The van der Waals surface area contributed by atoms with Gasteiger partial charge in [0.25, 0.3) is 0 Å². The second kappa shape index (κ2) is 5.55. The Morgan fingerprint density at radius 1 is 1.21 bits per heavy atom. The lowest BCUT2D eigenvalue weighted by Crippen LogP contribution is -2.21. The first kappa shape index (κ1) is 12.4. The van der Waals surface area contributed by atoms with E-state index < -0.39 is 0 Å². The van der Waals surface area contributed by atoms with E-state index in [1.165, 1.54) is 5.56 Å². The zero-order valence-electron chi connectivity index (χ0n) is 10.2. The van der Waals surface area contributed by atoms with E-state index in [0.29, 0.717) is 5.15 Å². The Labute approximate surface area is 121 Å². The molecule has 0 atom stereocenters. The summed E-state index contributed by atoms with van der Waals surface area (Å²) >= 11 is 7.18. The number of nitrogens with zero attached hydrogens (tertiary/aromatic N) is 3. The minimum Gasteiger partial charge on any atom is -0.369 e. The molecule has 1 aromatic heterocycles. The number of rotatable bonds is 3. The first-order valence-corrected chi connectivity index (χ1v) is 7.07. The number of allylic oxidation sites excluding steroid dienone is 2. The van der Waals surface area contributed by atoms with Crippen molar-refractivity contribution in [3.8, 4) is 0 Å². The van der Waals surface area contributed by atoms with Gasteiger partial charge in [0.2, 0.25) is 0 Å². The predicted octanol–water partition coefficient (Wildman–Crippen LogP) is 3.60. The van der Waals surface area contributed by atoms with Crippen LogP contribution < -0.4 is 0 Å². The topological polar surface area (TPSA) is 29.0 Å². The number of hydrogen-bond donors (Lipinski definition) is 0. The van der Waals surface area contributed by atoms with Gasteiger partial charge in [-0.2, -0.15) is 8.75 Å². The molecule has 2 aromatic rings. The van der Waals surface area contributed by atoms with E-state index in [1.807, 2.05) is 18.2 Å². The maximum atomic E-state index is 6.03. The molecule has 3 nitrogen and oxygen atoms in total. The van der Waals surface area contributed by atoms with Crippen LogP contribution in [0.1, 0.15) is 11.3 Å². The summed E-state index contributed by atoms with van der Waals surface area (Å²) in [5.74, 6) is 0. The fourth-order valence-electron chi connectivity index (χ4n) is 2.05. The molecule has 0 bridgehead atoms. The fraction of sp³-hybridized carbons (Fsp3) is 0.143. The molecule has 19 heavy (non-hydrogen) atoms. The smallest absolute Gasteiger partial charge is 0.170 e. The maximum absolute atomic E-state index is 6.03. The Bertz CT molecular complexity index is 619. The number of aromatic nitrogens is 2. The van der Waals surface area contributed by atoms with Crippen molar-refractivity contribution in [2.75, 3.05) is 6.54 Å². The Kier molecular flexibility index (Phi) is 3.62. The highest BCUT2D eigenvalue weighted by atomic mass is 35.5. The van der Waals surface area contributed by atoms with Crippen LogP contribution in [0.2, 0.25) is 5.15 Å². The average Bonchev–Trinajstić information content (AvgIpc) is 2.86. The van der Waals surface area contributed by atoms with Crippen molar-refractivity contribution in [2.24, 2.45) is 0 Å². The Morgan fingerprint density at radius 2 is 2.05 bits per heavy atom. The highest BCUT2D eigenvalue weighted by Crippen LogP contribution is 2.25. The second-order valence-corrected chi connectivity index (χ2v) is 5.21. The van der Waals surface area contributed by atoms with Crippen molar-refractivity contribution in [1.29, 1.82) is 0 Å². The molecule has 1 aliphatic rings. The number of halogens is 1. The number of hydrogen-bond acceptors (Lipinski definition) is 4. The second-order valence-electron chi connectivity index (χ2n) is 4.33. The molecule has 0 spiro atoms. The molecule has 0 amide bonds. The predicted molar refractivity (Wildman–Crippen MR) is 78.9 cm³/mol. The summed E-state index contributed by atoms with van der Waals surface area (Å²) in [6.07, 6.45) is 6.16. The van der Waals surface area contributed by atoms with Gasteiger partial charge in [0.1, 0.15) is 5.69 Å². The normalized spacial score (nSPS) is 14.6. The minimum atomic E-state index is 0.492. The highest BCUT2D eigenvalue weighted by Gasteiger charge is 2.15. The molecule has 3 rings (SSSR count). The first-order valence-electron chi connectivity index (χ1n) is 5.97. The summed E-state index contributed by atoms with van der Waals surface area (Å²) in [6, 6.07) is 10.4. The Hall–Kier alpha value is -1.65. The largest absolute Gasteiger partial charge is 0.369 e. The van der Waals surface area contributed by atoms with Gasteiger partial charge in [-0.05, 0) is 17.8 Å². The summed E-state index contributed by atoms with van der Waals surface area (Å²) in [5.41, 5.74) is 3.20. The summed E-state index contributed by atoms with van der Waals surface area (Å²) < 4.78 is 8.26. The molecule has 0 N–H and O–H groups in total. The lowest BCUT2D eigenvalue weighted by atomic mass is 10.1. The van der Waals surface area contributed by atoms with Gasteiger partial charge in [-0.25, -0.2) is 0 Å². The lowest BCUT2D eigenvalue weighted by Gasteiger charge is -2.24. The van der Waals surface area contributed by atoms with Crippen LogP contribution in [0.5, 0.6) is 0 Å². The third-order valence-electron chi connectivity index (χ3n) is 2.95. The van der Waals surface area contributed by atoms with Crippen LogP contribution in [-0.2, 0) is 6.54 Å². The fourth-order valence-corrected chi connectivity index (χ4v) is 2.85. The Balaban J connectivity index is 1.74. The molecule has 96 valence electrons. The van der Waals surface area contributed by atoms with Crippen LogP contribution in [0.4, 0.5) is 0 Å². The summed E-state index contributed by atoms with van der Waals surface area (Å²) in [7, 11) is 0. The van der Waals surface area contributed by atoms with E-state index in [2.05, 4.69) is 44.1 Å². The van der Waals surface area contributed by atoms with Gasteiger partial charge in [-0.15, -0.1) is 0 Å². The van der Waals surface area contributed by atoms with Crippen molar-refractivity contribution < 1.29 is 0 Å². The quantitative estimate of drug-likeness (QED) is 0.864. The van der Waals surface area contributed by atoms with E-state index in [4.69, 9.17) is 11.6 Å². The molecule has 0 radical (unpaired) electrons. The highest BCUT2D eigenvalue weighted by molar-refractivity contribution is 6.99. The van der Waals surface area contributed by atoms with Crippen LogP contribution in [-0.4, -0.2) is 20.2 Å². The van der Waals surface area contributed by atoms with Crippen LogP contribution in [0, 0.1) is 0 Å².